The number of aromatic nitrogens is 1. The summed E-state index contributed by atoms with van der Waals surface area (Å²) in [6.07, 6.45) is 1.99. The Hall–Kier alpha value is -1.19. The van der Waals surface area contributed by atoms with Gasteiger partial charge in [0.15, 0.2) is 0 Å². The normalized spacial score (nSPS) is 12.7. The molecule has 2 rings (SSSR count). The fourth-order valence-corrected chi connectivity index (χ4v) is 2.63. The predicted molar refractivity (Wildman–Crippen MR) is 71.4 cm³/mol. The van der Waals surface area contributed by atoms with Crippen LogP contribution in [0.5, 0.6) is 0 Å². The average Bonchev–Trinajstić information content (AvgIpc) is 2.70. The molecule has 1 unspecified atom stereocenters. The molecule has 1 aromatic heterocycles. The van der Waals surface area contributed by atoms with Gasteiger partial charge >= 0.3 is 0 Å². The van der Waals surface area contributed by atoms with E-state index in [4.69, 9.17) is 0 Å². The second-order valence-corrected chi connectivity index (χ2v) is 5.70. The van der Waals surface area contributed by atoms with E-state index in [-0.39, 0.29) is 0 Å². The lowest BCUT2D eigenvalue weighted by molar-refractivity contribution is 0.182. The van der Waals surface area contributed by atoms with Gasteiger partial charge in [-0.15, -0.1) is 11.3 Å². The minimum absolute atomic E-state index is 0.443. The molecule has 2 aromatic rings. The Balaban J connectivity index is 2.18. The Morgan fingerprint density at radius 3 is 2.71 bits per heavy atom. The van der Waals surface area contributed by atoms with Gasteiger partial charge in [-0.05, 0) is 31.9 Å². The third-order valence-corrected chi connectivity index (χ3v) is 3.90. The molecule has 0 saturated heterocycles. The van der Waals surface area contributed by atoms with Gasteiger partial charge in [0.25, 0.3) is 0 Å². The van der Waals surface area contributed by atoms with Crippen molar-refractivity contribution in [2.75, 3.05) is 0 Å². The summed E-state index contributed by atoms with van der Waals surface area (Å²) in [7, 11) is 0. The first-order chi connectivity index (χ1) is 8.06. The van der Waals surface area contributed by atoms with Crippen LogP contribution in [-0.4, -0.2) is 10.1 Å². The monoisotopic (exact) mass is 247 g/mol. The summed E-state index contributed by atoms with van der Waals surface area (Å²) in [6, 6.07) is 6.35. The largest absolute Gasteiger partial charge is 0.387 e. The topological polar surface area (TPSA) is 33.1 Å². The fourth-order valence-electron chi connectivity index (χ4n) is 1.86. The molecule has 0 radical (unpaired) electrons. The first kappa shape index (κ1) is 12.3. The van der Waals surface area contributed by atoms with Gasteiger partial charge in [-0.25, -0.2) is 4.98 Å². The van der Waals surface area contributed by atoms with Crippen LogP contribution in [0.4, 0.5) is 0 Å². The van der Waals surface area contributed by atoms with Gasteiger partial charge in [0.1, 0.15) is 0 Å². The number of nitrogens with zero attached hydrogens (tertiary/aromatic N) is 1. The Labute approximate surface area is 106 Å². The second kappa shape index (κ2) is 4.98. The van der Waals surface area contributed by atoms with E-state index in [0.717, 1.165) is 9.88 Å². The minimum atomic E-state index is -0.443. The number of rotatable bonds is 3. The molecule has 0 aliphatic carbocycles. The first-order valence-electron chi connectivity index (χ1n) is 5.73. The Morgan fingerprint density at radius 1 is 1.29 bits per heavy atom. The molecular formula is C14H17NOS. The summed E-state index contributed by atoms with van der Waals surface area (Å²) in [5.41, 5.74) is 3.68. The van der Waals surface area contributed by atoms with E-state index >= 15 is 0 Å². The maximum absolute atomic E-state index is 10.2. The van der Waals surface area contributed by atoms with Crippen molar-refractivity contribution in [3.63, 3.8) is 0 Å². The van der Waals surface area contributed by atoms with Gasteiger partial charge in [0, 0.05) is 12.6 Å². The van der Waals surface area contributed by atoms with Gasteiger partial charge in [0.05, 0.1) is 16.0 Å². The smallest absolute Gasteiger partial charge is 0.0938 e. The van der Waals surface area contributed by atoms with Crippen LogP contribution in [-0.2, 0) is 6.42 Å². The highest BCUT2D eigenvalue weighted by molar-refractivity contribution is 7.11. The molecule has 2 nitrogen and oxygen atoms in total. The van der Waals surface area contributed by atoms with Crippen molar-refractivity contribution >= 4 is 11.3 Å². The fraction of sp³-hybridized carbons (Fsp3) is 0.357. The molecule has 1 N–H and O–H groups in total. The van der Waals surface area contributed by atoms with Crippen LogP contribution in [0, 0.1) is 20.8 Å². The predicted octanol–water partition coefficient (Wildman–Crippen LogP) is 3.34. The highest BCUT2D eigenvalue weighted by Crippen LogP contribution is 2.25. The summed E-state index contributed by atoms with van der Waals surface area (Å²) < 4.78 is 0. The minimum Gasteiger partial charge on any atom is -0.387 e. The van der Waals surface area contributed by atoms with E-state index in [0.29, 0.717) is 6.42 Å². The van der Waals surface area contributed by atoms with Gasteiger partial charge in [-0.1, -0.05) is 23.8 Å². The zero-order valence-corrected chi connectivity index (χ0v) is 11.2. The van der Waals surface area contributed by atoms with Crippen molar-refractivity contribution in [2.24, 2.45) is 0 Å². The Kier molecular flexibility index (Phi) is 3.60. The molecule has 0 saturated carbocycles. The van der Waals surface area contributed by atoms with Crippen LogP contribution in [0.15, 0.2) is 24.4 Å². The second-order valence-electron chi connectivity index (χ2n) is 4.43. The number of benzene rings is 1. The quantitative estimate of drug-likeness (QED) is 0.902. The molecule has 3 heteroatoms. The molecule has 0 fully saturated rings. The number of aliphatic hydroxyl groups excluding tert-OH is 1. The number of hydrogen-bond donors (Lipinski definition) is 1. The summed E-state index contributed by atoms with van der Waals surface area (Å²) in [4.78, 5) is 5.13. The third kappa shape index (κ3) is 2.93. The standard InChI is InChI=1S/C14H17NOS/c1-9-4-5-10(2)12(6-9)7-13(16)14-8-15-11(3)17-14/h4-6,8,13,16H,7H2,1-3H3. The molecule has 1 atom stereocenters. The van der Waals surface area contributed by atoms with Crippen molar-refractivity contribution < 1.29 is 5.11 Å². The zero-order valence-electron chi connectivity index (χ0n) is 10.4. The van der Waals surface area contributed by atoms with E-state index in [1.54, 1.807) is 17.5 Å². The summed E-state index contributed by atoms with van der Waals surface area (Å²) in [5.74, 6) is 0. The molecule has 1 heterocycles. The first-order valence-corrected chi connectivity index (χ1v) is 6.54. The van der Waals surface area contributed by atoms with Crippen LogP contribution in [0.1, 0.15) is 32.7 Å². The van der Waals surface area contributed by atoms with Gasteiger partial charge in [0.2, 0.25) is 0 Å². The van der Waals surface area contributed by atoms with Crippen LogP contribution >= 0.6 is 11.3 Å². The van der Waals surface area contributed by atoms with Crippen molar-refractivity contribution in [3.05, 3.63) is 51.0 Å². The summed E-state index contributed by atoms with van der Waals surface area (Å²) >= 11 is 1.56. The number of aliphatic hydroxyl groups is 1. The molecule has 0 amide bonds. The third-order valence-electron chi connectivity index (χ3n) is 2.89. The lowest BCUT2D eigenvalue weighted by Crippen LogP contribution is -2.01. The molecule has 1 aromatic carbocycles. The number of aryl methyl sites for hydroxylation is 3. The van der Waals surface area contributed by atoms with Crippen molar-refractivity contribution in [3.8, 4) is 0 Å². The Morgan fingerprint density at radius 2 is 2.06 bits per heavy atom. The Bertz CT molecular complexity index is 519. The SMILES string of the molecule is Cc1ccc(C)c(CC(O)c2cnc(C)s2)c1. The van der Waals surface area contributed by atoms with Crippen molar-refractivity contribution in [1.29, 1.82) is 0 Å². The highest BCUT2D eigenvalue weighted by Gasteiger charge is 2.12. The van der Waals surface area contributed by atoms with E-state index in [2.05, 4.69) is 37.0 Å². The van der Waals surface area contributed by atoms with Crippen LogP contribution in [0.25, 0.3) is 0 Å². The van der Waals surface area contributed by atoms with E-state index in [1.165, 1.54) is 16.7 Å². The lowest BCUT2D eigenvalue weighted by atomic mass is 10.00. The lowest BCUT2D eigenvalue weighted by Gasteiger charge is -2.11. The van der Waals surface area contributed by atoms with Gasteiger partial charge in [-0.2, -0.15) is 0 Å². The van der Waals surface area contributed by atoms with Gasteiger partial charge in [-0.3, -0.25) is 0 Å². The molecule has 17 heavy (non-hydrogen) atoms. The number of hydrogen-bond acceptors (Lipinski definition) is 3. The number of thiazole rings is 1. The molecular weight excluding hydrogens is 230 g/mol. The maximum atomic E-state index is 10.2. The molecule has 0 aliphatic rings. The van der Waals surface area contributed by atoms with Crippen LogP contribution < -0.4 is 0 Å². The van der Waals surface area contributed by atoms with E-state index < -0.39 is 6.10 Å². The van der Waals surface area contributed by atoms with Crippen molar-refractivity contribution in [1.82, 2.24) is 4.98 Å². The van der Waals surface area contributed by atoms with E-state index in [9.17, 15) is 5.11 Å². The molecule has 0 aliphatic heterocycles. The van der Waals surface area contributed by atoms with Crippen LogP contribution in [0.3, 0.4) is 0 Å². The molecule has 0 spiro atoms. The van der Waals surface area contributed by atoms with Gasteiger partial charge < -0.3 is 5.11 Å². The van der Waals surface area contributed by atoms with E-state index in [1.807, 2.05) is 6.92 Å². The summed E-state index contributed by atoms with van der Waals surface area (Å²) in [5, 5.41) is 11.2. The maximum Gasteiger partial charge on any atom is 0.0938 e. The average molecular weight is 247 g/mol. The zero-order chi connectivity index (χ0) is 12.4. The van der Waals surface area contributed by atoms with Crippen LogP contribution in [0.2, 0.25) is 0 Å². The highest BCUT2D eigenvalue weighted by atomic mass is 32.1. The summed E-state index contributed by atoms with van der Waals surface area (Å²) in [6.45, 7) is 6.12. The molecule has 0 bridgehead atoms. The molecule has 90 valence electrons. The van der Waals surface area contributed by atoms with Crippen molar-refractivity contribution in [2.45, 2.75) is 33.3 Å².